The van der Waals surface area contributed by atoms with Gasteiger partial charge in [-0.05, 0) is 28.6 Å². The monoisotopic (exact) mass is 246 g/mol. The lowest BCUT2D eigenvalue weighted by Gasteiger charge is -2.12. The van der Waals surface area contributed by atoms with Crippen molar-refractivity contribution in [1.82, 2.24) is 25.1 Å². The first kappa shape index (κ1) is 12.0. The van der Waals surface area contributed by atoms with E-state index in [1.54, 1.807) is 18.8 Å². The maximum atomic E-state index is 11.5. The maximum Gasteiger partial charge on any atom is 0.241 e. The highest BCUT2D eigenvalue weighted by atomic mass is 16.2. The first-order valence-electron chi connectivity index (χ1n) is 5.44. The summed E-state index contributed by atoms with van der Waals surface area (Å²) in [5, 5.41) is 14.0. The number of anilines is 1. The van der Waals surface area contributed by atoms with Crippen LogP contribution < -0.4 is 5.32 Å². The van der Waals surface area contributed by atoms with Gasteiger partial charge in [0, 0.05) is 19.8 Å². The Morgan fingerprint density at radius 2 is 2.28 bits per heavy atom. The van der Waals surface area contributed by atoms with Crippen LogP contribution in [0, 0.1) is 0 Å². The molecule has 0 radical (unpaired) electrons. The van der Waals surface area contributed by atoms with E-state index in [2.05, 4.69) is 20.8 Å². The molecule has 2 rings (SSSR count). The number of carbonyl (C=O) groups excluding carboxylic acids is 1. The highest BCUT2D eigenvalue weighted by Gasteiger charge is 2.04. The zero-order valence-corrected chi connectivity index (χ0v) is 10.2. The van der Waals surface area contributed by atoms with Gasteiger partial charge >= 0.3 is 0 Å². The van der Waals surface area contributed by atoms with Crippen LogP contribution in [-0.2, 0) is 4.79 Å². The van der Waals surface area contributed by atoms with Gasteiger partial charge in [-0.2, -0.15) is 0 Å². The van der Waals surface area contributed by atoms with Crippen LogP contribution in [-0.4, -0.2) is 51.7 Å². The predicted molar refractivity (Wildman–Crippen MR) is 66.3 cm³/mol. The molecule has 0 unspecified atom stereocenters. The van der Waals surface area contributed by atoms with E-state index in [0.29, 0.717) is 0 Å². The van der Waals surface area contributed by atoms with Gasteiger partial charge in [-0.3, -0.25) is 4.79 Å². The van der Waals surface area contributed by atoms with Gasteiger partial charge in [0.1, 0.15) is 6.33 Å². The highest BCUT2D eigenvalue weighted by Crippen LogP contribution is 2.12. The topological polar surface area (TPSA) is 75.9 Å². The quantitative estimate of drug-likeness (QED) is 0.831. The van der Waals surface area contributed by atoms with Crippen LogP contribution in [0.15, 0.2) is 30.6 Å². The number of rotatable bonds is 4. The average molecular weight is 246 g/mol. The number of benzene rings is 1. The molecule has 2 aromatic rings. The molecular formula is C11H14N6O. The molecule has 0 aliphatic heterocycles. The van der Waals surface area contributed by atoms with Crippen LogP contribution in [0.1, 0.15) is 0 Å². The lowest BCUT2D eigenvalue weighted by atomic mass is 10.3. The number of hydrogen-bond acceptors (Lipinski definition) is 5. The van der Waals surface area contributed by atoms with Crippen molar-refractivity contribution < 1.29 is 4.79 Å². The van der Waals surface area contributed by atoms with Crippen LogP contribution in [0.5, 0.6) is 0 Å². The third kappa shape index (κ3) is 2.82. The summed E-state index contributed by atoms with van der Waals surface area (Å²) in [6, 6.07) is 7.52. The minimum Gasteiger partial charge on any atom is -0.376 e. The molecular weight excluding hydrogens is 232 g/mol. The smallest absolute Gasteiger partial charge is 0.241 e. The van der Waals surface area contributed by atoms with Crippen LogP contribution >= 0.6 is 0 Å². The Bertz CT molecular complexity index is 522. The second-order valence-corrected chi connectivity index (χ2v) is 3.95. The van der Waals surface area contributed by atoms with Crippen LogP contribution in [0.2, 0.25) is 0 Å². The third-order valence-electron chi connectivity index (χ3n) is 2.40. The fourth-order valence-electron chi connectivity index (χ4n) is 1.37. The van der Waals surface area contributed by atoms with Crippen molar-refractivity contribution in [3.63, 3.8) is 0 Å². The first-order valence-corrected chi connectivity index (χ1v) is 5.44. The van der Waals surface area contributed by atoms with E-state index in [1.165, 1.54) is 11.2 Å². The molecule has 1 aromatic carbocycles. The van der Waals surface area contributed by atoms with Crippen molar-refractivity contribution in [1.29, 1.82) is 0 Å². The molecule has 0 aliphatic rings. The summed E-state index contributed by atoms with van der Waals surface area (Å²) < 4.78 is 1.55. The van der Waals surface area contributed by atoms with Crippen LogP contribution in [0.25, 0.3) is 5.69 Å². The number of nitrogens with zero attached hydrogens (tertiary/aromatic N) is 5. The van der Waals surface area contributed by atoms with Crippen molar-refractivity contribution >= 4 is 11.6 Å². The summed E-state index contributed by atoms with van der Waals surface area (Å²) in [4.78, 5) is 13.0. The molecule has 1 amide bonds. The Morgan fingerprint density at radius 3 is 2.94 bits per heavy atom. The number of likely N-dealkylation sites (N-methyl/N-ethyl adjacent to an activating group) is 1. The molecule has 18 heavy (non-hydrogen) atoms. The van der Waals surface area contributed by atoms with E-state index in [9.17, 15) is 4.79 Å². The molecule has 7 nitrogen and oxygen atoms in total. The molecule has 0 bridgehead atoms. The van der Waals surface area contributed by atoms with Crippen molar-refractivity contribution in [2.45, 2.75) is 0 Å². The Hall–Kier alpha value is -2.44. The molecule has 1 N–H and O–H groups in total. The molecule has 0 saturated carbocycles. The SMILES string of the molecule is CN(C)C(=O)CNc1cccc(-n2cnnn2)c1. The van der Waals surface area contributed by atoms with Gasteiger partial charge in [0.05, 0.1) is 12.2 Å². The number of carbonyl (C=O) groups is 1. The Balaban J connectivity index is 2.06. The number of hydrogen-bond donors (Lipinski definition) is 1. The third-order valence-corrected chi connectivity index (χ3v) is 2.40. The molecule has 0 spiro atoms. The summed E-state index contributed by atoms with van der Waals surface area (Å²) in [6.07, 6.45) is 1.52. The lowest BCUT2D eigenvalue weighted by molar-refractivity contribution is -0.126. The fourth-order valence-corrected chi connectivity index (χ4v) is 1.37. The van der Waals surface area contributed by atoms with Gasteiger partial charge in [0.2, 0.25) is 5.91 Å². The zero-order valence-electron chi connectivity index (χ0n) is 10.2. The van der Waals surface area contributed by atoms with Crippen molar-refractivity contribution in [2.75, 3.05) is 26.0 Å². The van der Waals surface area contributed by atoms with E-state index >= 15 is 0 Å². The molecule has 0 atom stereocenters. The van der Waals surface area contributed by atoms with Gasteiger partial charge < -0.3 is 10.2 Å². The molecule has 94 valence electrons. The number of tetrazole rings is 1. The average Bonchev–Trinajstić information content (AvgIpc) is 2.90. The van der Waals surface area contributed by atoms with Crippen LogP contribution in [0.4, 0.5) is 5.69 Å². The maximum absolute atomic E-state index is 11.5. The molecule has 7 heteroatoms. The van der Waals surface area contributed by atoms with E-state index < -0.39 is 0 Å². The second-order valence-electron chi connectivity index (χ2n) is 3.95. The van der Waals surface area contributed by atoms with Gasteiger partial charge in [0.25, 0.3) is 0 Å². The Labute approximate surface area is 104 Å². The van der Waals surface area contributed by atoms with Crippen LogP contribution in [0.3, 0.4) is 0 Å². The summed E-state index contributed by atoms with van der Waals surface area (Å²) in [6.45, 7) is 0.256. The summed E-state index contributed by atoms with van der Waals surface area (Å²) in [7, 11) is 3.45. The standard InChI is InChI=1S/C11H14N6O/c1-16(2)11(18)7-12-9-4-3-5-10(6-9)17-8-13-14-15-17/h3-6,8,12H,7H2,1-2H3. The minimum absolute atomic E-state index is 0.0165. The van der Waals surface area contributed by atoms with Crippen molar-refractivity contribution in [3.8, 4) is 5.69 Å². The molecule has 1 aromatic heterocycles. The zero-order chi connectivity index (χ0) is 13.0. The van der Waals surface area contributed by atoms with E-state index in [-0.39, 0.29) is 12.5 Å². The lowest BCUT2D eigenvalue weighted by Crippen LogP contribution is -2.28. The van der Waals surface area contributed by atoms with Crippen molar-refractivity contribution in [2.24, 2.45) is 0 Å². The minimum atomic E-state index is 0.0165. The Kier molecular flexibility index (Phi) is 3.52. The number of amides is 1. The van der Waals surface area contributed by atoms with E-state index in [1.807, 2.05) is 24.3 Å². The largest absolute Gasteiger partial charge is 0.376 e. The van der Waals surface area contributed by atoms with Gasteiger partial charge in [0.15, 0.2) is 0 Å². The number of aromatic nitrogens is 4. The van der Waals surface area contributed by atoms with Gasteiger partial charge in [-0.25, -0.2) is 4.68 Å². The summed E-state index contributed by atoms with van der Waals surface area (Å²) in [5.41, 5.74) is 1.68. The molecule has 1 heterocycles. The normalized spacial score (nSPS) is 10.1. The van der Waals surface area contributed by atoms with E-state index in [4.69, 9.17) is 0 Å². The summed E-state index contributed by atoms with van der Waals surface area (Å²) >= 11 is 0. The van der Waals surface area contributed by atoms with E-state index in [0.717, 1.165) is 11.4 Å². The molecule has 0 saturated heterocycles. The summed E-state index contributed by atoms with van der Waals surface area (Å²) in [5.74, 6) is 0.0165. The molecule has 0 fully saturated rings. The Morgan fingerprint density at radius 1 is 1.44 bits per heavy atom. The highest BCUT2D eigenvalue weighted by molar-refractivity contribution is 5.80. The second kappa shape index (κ2) is 5.26. The van der Waals surface area contributed by atoms with Crippen molar-refractivity contribution in [3.05, 3.63) is 30.6 Å². The number of nitrogens with one attached hydrogen (secondary N) is 1. The first-order chi connectivity index (χ1) is 8.66. The van der Waals surface area contributed by atoms with Gasteiger partial charge in [-0.15, -0.1) is 5.10 Å². The predicted octanol–water partition coefficient (Wildman–Crippen LogP) is 0.162. The van der Waals surface area contributed by atoms with Gasteiger partial charge in [-0.1, -0.05) is 6.07 Å². The molecule has 0 aliphatic carbocycles. The fraction of sp³-hybridized carbons (Fsp3) is 0.273.